The number of pyridine rings is 1. The summed E-state index contributed by atoms with van der Waals surface area (Å²) in [4.78, 5) is 21.3. The molecule has 1 aromatic carbocycles. The van der Waals surface area contributed by atoms with Gasteiger partial charge in [0.25, 0.3) is 0 Å². The Balaban J connectivity index is 1.29. The van der Waals surface area contributed by atoms with Crippen molar-refractivity contribution < 1.29 is 14.3 Å². The molecule has 0 aliphatic carbocycles. The van der Waals surface area contributed by atoms with E-state index in [0.29, 0.717) is 50.6 Å². The van der Waals surface area contributed by atoms with Crippen LogP contribution >= 0.6 is 23.4 Å². The van der Waals surface area contributed by atoms with Gasteiger partial charge < -0.3 is 20.6 Å². The molecular weight excluding hydrogens is 517 g/mol. The van der Waals surface area contributed by atoms with Gasteiger partial charge in [-0.25, -0.2) is 9.37 Å². The standard InChI is InChI=1S/C25H27ClFN7O2S/c1-33-12-25(13-33)14-34(15-25)11-23(36)30-22-9-17(4-5-28-22)29-21-10-20(31-32-24(21)37-7-6-35)18-8-16(26)2-3-19(18)27/h2-5,8-10,35H,6-7,11-15H2,1H3,(H2,28,29,30,31,36). The summed E-state index contributed by atoms with van der Waals surface area (Å²) in [6.07, 6.45) is 1.59. The number of nitrogens with zero attached hydrogens (tertiary/aromatic N) is 5. The lowest BCUT2D eigenvalue weighted by molar-refractivity contribution is -0.130. The van der Waals surface area contributed by atoms with Crippen LogP contribution in [-0.2, 0) is 4.79 Å². The quantitative estimate of drug-likeness (QED) is 0.350. The summed E-state index contributed by atoms with van der Waals surface area (Å²) in [5.41, 5.74) is 2.13. The summed E-state index contributed by atoms with van der Waals surface area (Å²) in [7, 11) is 2.11. The fourth-order valence-electron chi connectivity index (χ4n) is 4.98. The molecule has 5 rings (SSSR count). The monoisotopic (exact) mass is 543 g/mol. The Morgan fingerprint density at radius 3 is 2.76 bits per heavy atom. The molecule has 2 aliphatic heterocycles. The number of thioether (sulfide) groups is 1. The van der Waals surface area contributed by atoms with Crippen molar-refractivity contribution in [3.05, 3.63) is 53.4 Å². The number of aliphatic hydroxyl groups excluding tert-OH is 1. The van der Waals surface area contributed by atoms with Gasteiger partial charge in [-0.1, -0.05) is 11.6 Å². The molecule has 0 bridgehead atoms. The van der Waals surface area contributed by atoms with Gasteiger partial charge in [-0.3, -0.25) is 9.69 Å². The number of aliphatic hydroxyl groups is 1. The van der Waals surface area contributed by atoms with Crippen molar-refractivity contribution in [1.82, 2.24) is 25.0 Å². The average Bonchev–Trinajstić information content (AvgIpc) is 2.82. The normalized spacial score (nSPS) is 16.8. The van der Waals surface area contributed by atoms with E-state index in [1.54, 1.807) is 24.4 Å². The highest BCUT2D eigenvalue weighted by Gasteiger charge is 2.50. The fraction of sp³-hybridized carbons (Fsp3) is 0.360. The zero-order valence-corrected chi connectivity index (χ0v) is 21.8. The number of amides is 1. The van der Waals surface area contributed by atoms with E-state index in [1.807, 2.05) is 0 Å². The Bertz CT molecular complexity index is 1300. The second-order valence-electron chi connectivity index (χ2n) is 9.57. The third kappa shape index (κ3) is 6.02. The third-order valence-electron chi connectivity index (χ3n) is 6.30. The topological polar surface area (TPSA) is 107 Å². The SMILES string of the molecule is CN1CC2(C1)CN(CC(=O)Nc1cc(Nc3cc(-c4cc(Cl)ccc4F)nnc3SCCO)ccn1)C2. The number of anilines is 3. The van der Waals surface area contributed by atoms with Crippen molar-refractivity contribution in [3.63, 3.8) is 0 Å². The highest BCUT2D eigenvalue weighted by Crippen LogP contribution is 2.38. The Morgan fingerprint density at radius 1 is 1.19 bits per heavy atom. The second kappa shape index (κ2) is 10.9. The number of benzene rings is 1. The predicted molar refractivity (Wildman–Crippen MR) is 143 cm³/mol. The summed E-state index contributed by atoms with van der Waals surface area (Å²) >= 11 is 7.38. The molecule has 37 heavy (non-hydrogen) atoms. The first-order valence-corrected chi connectivity index (χ1v) is 13.2. The number of hydrogen-bond acceptors (Lipinski definition) is 9. The van der Waals surface area contributed by atoms with Gasteiger partial charge in [-0.2, -0.15) is 0 Å². The minimum atomic E-state index is -0.466. The number of carbonyl (C=O) groups excluding carboxylic acids is 1. The zero-order valence-electron chi connectivity index (χ0n) is 20.2. The summed E-state index contributed by atoms with van der Waals surface area (Å²) in [6, 6.07) is 9.40. The molecule has 12 heteroatoms. The summed E-state index contributed by atoms with van der Waals surface area (Å²) < 4.78 is 14.5. The van der Waals surface area contributed by atoms with Gasteiger partial charge >= 0.3 is 0 Å². The number of nitrogens with one attached hydrogen (secondary N) is 2. The van der Waals surface area contributed by atoms with E-state index in [-0.39, 0.29) is 18.1 Å². The van der Waals surface area contributed by atoms with Gasteiger partial charge in [-0.05, 0) is 37.4 Å². The molecule has 1 amide bonds. The van der Waals surface area contributed by atoms with Crippen molar-refractivity contribution >= 4 is 46.5 Å². The summed E-state index contributed by atoms with van der Waals surface area (Å²) in [5, 5.41) is 24.7. The Kier molecular flexibility index (Phi) is 7.59. The van der Waals surface area contributed by atoms with Crippen LogP contribution in [0.3, 0.4) is 0 Å². The molecule has 0 atom stereocenters. The van der Waals surface area contributed by atoms with Crippen molar-refractivity contribution in [2.75, 3.05) is 62.8 Å². The maximum atomic E-state index is 14.5. The van der Waals surface area contributed by atoms with Crippen molar-refractivity contribution in [3.8, 4) is 11.3 Å². The Labute approximate surface area is 223 Å². The fourth-order valence-corrected chi connectivity index (χ4v) is 5.80. The summed E-state index contributed by atoms with van der Waals surface area (Å²) in [5.74, 6) is 0.253. The van der Waals surface area contributed by atoms with Gasteiger partial charge in [-0.15, -0.1) is 22.0 Å². The predicted octanol–water partition coefficient (Wildman–Crippen LogP) is 3.35. The summed E-state index contributed by atoms with van der Waals surface area (Å²) in [6.45, 7) is 4.37. The second-order valence-corrected chi connectivity index (χ2v) is 11.1. The minimum Gasteiger partial charge on any atom is -0.396 e. The number of halogens is 2. The van der Waals surface area contributed by atoms with E-state index in [0.717, 1.165) is 26.2 Å². The van der Waals surface area contributed by atoms with Gasteiger partial charge in [0.05, 0.1) is 24.5 Å². The van der Waals surface area contributed by atoms with Crippen LogP contribution < -0.4 is 10.6 Å². The highest BCUT2D eigenvalue weighted by atomic mass is 35.5. The lowest BCUT2D eigenvalue weighted by atomic mass is 9.73. The number of aromatic nitrogens is 3. The number of carbonyl (C=O) groups is 1. The molecule has 3 aromatic rings. The number of rotatable bonds is 9. The lowest BCUT2D eigenvalue weighted by Gasteiger charge is -2.59. The van der Waals surface area contributed by atoms with Crippen LogP contribution in [0.5, 0.6) is 0 Å². The molecule has 194 valence electrons. The number of likely N-dealkylation sites (tertiary alicyclic amines) is 2. The molecular formula is C25H27ClFN7O2S. The zero-order chi connectivity index (χ0) is 26.0. The maximum absolute atomic E-state index is 14.5. The van der Waals surface area contributed by atoms with Crippen LogP contribution in [0.4, 0.5) is 21.6 Å². The molecule has 2 aromatic heterocycles. The van der Waals surface area contributed by atoms with Crippen LogP contribution in [0.2, 0.25) is 5.02 Å². The van der Waals surface area contributed by atoms with Crippen molar-refractivity contribution in [2.45, 2.75) is 5.03 Å². The first kappa shape index (κ1) is 25.8. The lowest BCUT2D eigenvalue weighted by Crippen LogP contribution is -2.71. The smallest absolute Gasteiger partial charge is 0.239 e. The van der Waals surface area contributed by atoms with Crippen LogP contribution in [0.25, 0.3) is 11.3 Å². The first-order valence-electron chi connectivity index (χ1n) is 11.8. The molecule has 0 saturated carbocycles. The van der Waals surface area contributed by atoms with Crippen LogP contribution in [0, 0.1) is 11.2 Å². The van der Waals surface area contributed by atoms with Crippen LogP contribution in [-0.4, -0.2) is 88.1 Å². The van der Waals surface area contributed by atoms with Crippen molar-refractivity contribution in [2.24, 2.45) is 5.41 Å². The molecule has 4 heterocycles. The molecule has 3 N–H and O–H groups in total. The van der Waals surface area contributed by atoms with E-state index < -0.39 is 5.82 Å². The molecule has 2 aliphatic rings. The Morgan fingerprint density at radius 2 is 2.00 bits per heavy atom. The first-order chi connectivity index (χ1) is 17.8. The van der Waals surface area contributed by atoms with Gasteiger partial charge in [0.15, 0.2) is 0 Å². The van der Waals surface area contributed by atoms with E-state index in [1.165, 1.54) is 30.0 Å². The average molecular weight is 544 g/mol. The van der Waals surface area contributed by atoms with E-state index in [4.69, 9.17) is 11.6 Å². The maximum Gasteiger partial charge on any atom is 0.239 e. The molecule has 9 nitrogen and oxygen atoms in total. The third-order valence-corrected chi connectivity index (χ3v) is 7.49. The molecule has 2 saturated heterocycles. The highest BCUT2D eigenvalue weighted by molar-refractivity contribution is 7.99. The molecule has 0 radical (unpaired) electrons. The van der Waals surface area contributed by atoms with E-state index in [2.05, 4.69) is 42.7 Å². The van der Waals surface area contributed by atoms with Gasteiger partial charge in [0.1, 0.15) is 16.7 Å². The minimum absolute atomic E-state index is 0.0310. The van der Waals surface area contributed by atoms with Gasteiger partial charge in [0, 0.05) is 65.9 Å². The van der Waals surface area contributed by atoms with Crippen LogP contribution in [0.1, 0.15) is 0 Å². The van der Waals surface area contributed by atoms with Gasteiger partial charge in [0.2, 0.25) is 5.91 Å². The molecule has 1 spiro atoms. The van der Waals surface area contributed by atoms with E-state index >= 15 is 0 Å². The number of hydrogen-bond donors (Lipinski definition) is 3. The van der Waals surface area contributed by atoms with Crippen LogP contribution in [0.15, 0.2) is 47.6 Å². The Hall–Kier alpha value is -2.83. The van der Waals surface area contributed by atoms with Crippen molar-refractivity contribution in [1.29, 1.82) is 0 Å². The molecule has 0 unspecified atom stereocenters. The van der Waals surface area contributed by atoms with E-state index in [9.17, 15) is 14.3 Å². The largest absolute Gasteiger partial charge is 0.396 e. The molecule has 2 fully saturated rings.